The fraction of sp³-hybridized carbons (Fsp3) is 0.833. The Bertz CT molecular complexity index is 82.2. The molecule has 0 atom stereocenters. The molecule has 1 aliphatic rings. The highest BCUT2D eigenvalue weighted by Crippen LogP contribution is 2.46. The number of hydrogen-bond donors (Lipinski definition) is 0. The van der Waals surface area contributed by atoms with Gasteiger partial charge in [-0.05, 0) is 19.3 Å². The Labute approximate surface area is 43.7 Å². The Morgan fingerprint density at radius 3 is 2.29 bits per heavy atom. The van der Waals surface area contributed by atoms with Crippen LogP contribution in [0.5, 0.6) is 0 Å². The smallest absolute Gasteiger partial charge is 0.126 e. The minimum absolute atomic E-state index is 0.153. The summed E-state index contributed by atoms with van der Waals surface area (Å²) < 4.78 is 0. The fourth-order valence-corrected chi connectivity index (χ4v) is 0.715. The zero-order valence-corrected chi connectivity index (χ0v) is 4.61. The van der Waals surface area contributed by atoms with Crippen LogP contribution in [0.15, 0.2) is 0 Å². The second-order valence-corrected chi connectivity index (χ2v) is 2.33. The lowest BCUT2D eigenvalue weighted by atomic mass is 10.1. The highest BCUT2D eigenvalue weighted by Gasteiger charge is 2.40. The van der Waals surface area contributed by atoms with Crippen LogP contribution in [0.1, 0.15) is 26.2 Å². The molecular formula is C6H10O. The summed E-state index contributed by atoms with van der Waals surface area (Å²) in [6.45, 7) is 2.07. The Hall–Kier alpha value is -0.330. The second kappa shape index (κ2) is 1.32. The molecule has 0 spiro atoms. The van der Waals surface area contributed by atoms with E-state index in [0.29, 0.717) is 0 Å². The van der Waals surface area contributed by atoms with Gasteiger partial charge < -0.3 is 4.79 Å². The fourth-order valence-electron chi connectivity index (χ4n) is 0.715. The summed E-state index contributed by atoms with van der Waals surface area (Å²) in [7, 11) is 0. The van der Waals surface area contributed by atoms with Crippen LogP contribution in [0.25, 0.3) is 0 Å². The van der Waals surface area contributed by atoms with Gasteiger partial charge in [0.15, 0.2) is 0 Å². The summed E-state index contributed by atoms with van der Waals surface area (Å²) >= 11 is 0. The molecule has 0 aromatic carbocycles. The molecule has 0 aromatic rings. The third-order valence-corrected chi connectivity index (χ3v) is 1.85. The van der Waals surface area contributed by atoms with E-state index in [1.165, 1.54) is 0 Å². The maximum Gasteiger partial charge on any atom is 0.126 e. The molecule has 0 amide bonds. The molecule has 1 saturated carbocycles. The van der Waals surface area contributed by atoms with Gasteiger partial charge in [0.2, 0.25) is 0 Å². The van der Waals surface area contributed by atoms with E-state index in [-0.39, 0.29) is 5.41 Å². The molecule has 0 heterocycles. The first-order valence-electron chi connectivity index (χ1n) is 2.79. The molecule has 0 N–H and O–H groups in total. The summed E-state index contributed by atoms with van der Waals surface area (Å²) in [4.78, 5) is 10.1. The van der Waals surface area contributed by atoms with E-state index in [1.54, 1.807) is 0 Å². The van der Waals surface area contributed by atoms with Crippen molar-refractivity contribution in [3.05, 3.63) is 0 Å². The topological polar surface area (TPSA) is 17.1 Å². The lowest BCUT2D eigenvalue weighted by Crippen LogP contribution is -1.96. The second-order valence-electron chi connectivity index (χ2n) is 2.33. The summed E-state index contributed by atoms with van der Waals surface area (Å²) in [5.41, 5.74) is 0.153. The third kappa shape index (κ3) is 0.671. The Kier molecular flexibility index (Phi) is 0.911. The third-order valence-electron chi connectivity index (χ3n) is 1.85. The molecular weight excluding hydrogens is 88.1 g/mol. The minimum Gasteiger partial charge on any atom is -0.303 e. The highest BCUT2D eigenvalue weighted by molar-refractivity contribution is 5.63. The molecule has 0 aliphatic heterocycles. The van der Waals surface area contributed by atoms with Gasteiger partial charge in [-0.25, -0.2) is 0 Å². The van der Waals surface area contributed by atoms with Crippen molar-refractivity contribution in [3.8, 4) is 0 Å². The summed E-state index contributed by atoms with van der Waals surface area (Å²) in [5.74, 6) is 0. The molecule has 0 saturated heterocycles. The zero-order chi connectivity index (χ0) is 5.33. The maximum atomic E-state index is 10.1. The minimum atomic E-state index is 0.153. The molecule has 7 heavy (non-hydrogen) atoms. The molecule has 1 fully saturated rings. The van der Waals surface area contributed by atoms with Crippen LogP contribution in [0.3, 0.4) is 0 Å². The Morgan fingerprint density at radius 1 is 1.71 bits per heavy atom. The SMILES string of the molecule is CCC1(C=O)CC1. The van der Waals surface area contributed by atoms with Crippen molar-refractivity contribution < 1.29 is 4.79 Å². The summed E-state index contributed by atoms with van der Waals surface area (Å²) in [6, 6.07) is 0. The van der Waals surface area contributed by atoms with E-state index in [2.05, 4.69) is 6.92 Å². The lowest BCUT2D eigenvalue weighted by Gasteiger charge is -1.95. The number of carbonyl (C=O) groups excluding carboxylic acids is 1. The Balaban J connectivity index is 2.42. The first-order valence-corrected chi connectivity index (χ1v) is 2.79. The lowest BCUT2D eigenvalue weighted by molar-refractivity contribution is -0.112. The van der Waals surface area contributed by atoms with Crippen LogP contribution < -0.4 is 0 Å². The van der Waals surface area contributed by atoms with Crippen molar-refractivity contribution in [2.75, 3.05) is 0 Å². The summed E-state index contributed by atoms with van der Waals surface area (Å²) in [5, 5.41) is 0. The van der Waals surface area contributed by atoms with E-state index in [1.807, 2.05) is 0 Å². The van der Waals surface area contributed by atoms with Crippen LogP contribution in [0.4, 0.5) is 0 Å². The van der Waals surface area contributed by atoms with Crippen molar-refractivity contribution in [1.82, 2.24) is 0 Å². The van der Waals surface area contributed by atoms with Gasteiger partial charge in [-0.2, -0.15) is 0 Å². The molecule has 0 radical (unpaired) electrons. The van der Waals surface area contributed by atoms with E-state index in [9.17, 15) is 4.79 Å². The quantitative estimate of drug-likeness (QED) is 0.477. The standard InChI is InChI=1S/C6H10O/c1-2-6(5-7)3-4-6/h5H,2-4H2,1H3. The van der Waals surface area contributed by atoms with Crippen LogP contribution in [-0.4, -0.2) is 6.29 Å². The van der Waals surface area contributed by atoms with Gasteiger partial charge >= 0.3 is 0 Å². The van der Waals surface area contributed by atoms with Crippen molar-refractivity contribution in [3.63, 3.8) is 0 Å². The molecule has 0 aromatic heterocycles. The van der Waals surface area contributed by atoms with Gasteiger partial charge in [0, 0.05) is 5.41 Å². The largest absolute Gasteiger partial charge is 0.303 e. The van der Waals surface area contributed by atoms with E-state index in [0.717, 1.165) is 25.5 Å². The van der Waals surface area contributed by atoms with Crippen molar-refractivity contribution >= 4 is 6.29 Å². The molecule has 1 heteroatoms. The van der Waals surface area contributed by atoms with E-state index in [4.69, 9.17) is 0 Å². The predicted molar refractivity (Wildman–Crippen MR) is 28.0 cm³/mol. The Morgan fingerprint density at radius 2 is 2.29 bits per heavy atom. The average Bonchev–Trinajstić information content (AvgIpc) is 2.46. The van der Waals surface area contributed by atoms with Gasteiger partial charge in [-0.3, -0.25) is 0 Å². The first-order chi connectivity index (χ1) is 3.33. The molecule has 1 aliphatic carbocycles. The van der Waals surface area contributed by atoms with Crippen molar-refractivity contribution in [2.24, 2.45) is 5.41 Å². The van der Waals surface area contributed by atoms with Gasteiger partial charge in [0.05, 0.1) is 0 Å². The zero-order valence-electron chi connectivity index (χ0n) is 4.61. The molecule has 1 rings (SSSR count). The van der Waals surface area contributed by atoms with Crippen LogP contribution in [0.2, 0.25) is 0 Å². The normalized spacial score (nSPS) is 24.1. The van der Waals surface area contributed by atoms with Gasteiger partial charge in [-0.15, -0.1) is 0 Å². The number of hydrogen-bond acceptors (Lipinski definition) is 1. The van der Waals surface area contributed by atoms with Crippen molar-refractivity contribution in [1.29, 1.82) is 0 Å². The predicted octanol–water partition coefficient (Wildman–Crippen LogP) is 1.38. The highest BCUT2D eigenvalue weighted by atomic mass is 16.1. The summed E-state index contributed by atoms with van der Waals surface area (Å²) in [6.07, 6.45) is 4.41. The number of rotatable bonds is 2. The van der Waals surface area contributed by atoms with E-state index >= 15 is 0 Å². The van der Waals surface area contributed by atoms with Crippen LogP contribution in [-0.2, 0) is 4.79 Å². The number of aldehydes is 1. The van der Waals surface area contributed by atoms with Crippen LogP contribution in [0, 0.1) is 5.41 Å². The van der Waals surface area contributed by atoms with Gasteiger partial charge in [-0.1, -0.05) is 6.92 Å². The first kappa shape index (κ1) is 4.82. The van der Waals surface area contributed by atoms with Crippen LogP contribution >= 0.6 is 0 Å². The maximum absolute atomic E-state index is 10.1. The van der Waals surface area contributed by atoms with Crippen molar-refractivity contribution in [2.45, 2.75) is 26.2 Å². The monoisotopic (exact) mass is 98.1 g/mol. The average molecular weight is 98.1 g/mol. The number of carbonyl (C=O) groups is 1. The van der Waals surface area contributed by atoms with Gasteiger partial charge in [0.25, 0.3) is 0 Å². The molecule has 0 bridgehead atoms. The van der Waals surface area contributed by atoms with E-state index < -0.39 is 0 Å². The van der Waals surface area contributed by atoms with Gasteiger partial charge in [0.1, 0.15) is 6.29 Å². The molecule has 40 valence electrons. The molecule has 1 nitrogen and oxygen atoms in total. The molecule has 0 unspecified atom stereocenters.